The number of nitrogens with zero attached hydrogens (tertiary/aromatic N) is 4. The van der Waals surface area contributed by atoms with Gasteiger partial charge in [0.1, 0.15) is 0 Å². The Labute approximate surface area is 144 Å². The van der Waals surface area contributed by atoms with E-state index in [1.165, 1.54) is 0 Å². The van der Waals surface area contributed by atoms with Crippen LogP contribution >= 0.6 is 0 Å². The van der Waals surface area contributed by atoms with E-state index < -0.39 is 0 Å². The van der Waals surface area contributed by atoms with Crippen LogP contribution in [0.2, 0.25) is 0 Å². The third kappa shape index (κ3) is 2.73. The number of benzene rings is 1. The van der Waals surface area contributed by atoms with E-state index >= 15 is 0 Å². The van der Waals surface area contributed by atoms with Crippen LogP contribution in [-0.4, -0.2) is 30.7 Å². The topological polar surface area (TPSA) is 88.0 Å². The average molecular weight is 334 g/mol. The Kier molecular flexibility index (Phi) is 3.89. The first-order valence-corrected chi connectivity index (χ1v) is 8.31. The van der Waals surface area contributed by atoms with Gasteiger partial charge in [-0.25, -0.2) is 0 Å². The molecule has 7 heteroatoms. The monoisotopic (exact) mass is 334 g/mol. The van der Waals surface area contributed by atoms with Gasteiger partial charge in [0.15, 0.2) is 17.2 Å². The number of para-hydroxylation sites is 1. The fourth-order valence-corrected chi connectivity index (χ4v) is 3.02. The molecule has 1 aromatic carbocycles. The average Bonchev–Trinajstić information content (AvgIpc) is 3.25. The Hall–Kier alpha value is -3.22. The molecule has 0 saturated heterocycles. The number of aromatic amines is 1. The van der Waals surface area contributed by atoms with Crippen LogP contribution in [0.5, 0.6) is 0 Å². The van der Waals surface area contributed by atoms with E-state index in [1.807, 2.05) is 53.1 Å². The quantitative estimate of drug-likeness (QED) is 0.587. The van der Waals surface area contributed by atoms with Gasteiger partial charge in [-0.05, 0) is 24.6 Å². The molecule has 0 bridgehead atoms. The lowest BCUT2D eigenvalue weighted by Gasteiger charge is -2.16. The lowest BCUT2D eigenvalue weighted by atomic mass is 10.1. The molecule has 0 aliphatic carbocycles. The minimum Gasteiger partial charge on any atom is -0.341 e. The zero-order valence-electron chi connectivity index (χ0n) is 13.8. The van der Waals surface area contributed by atoms with Crippen molar-refractivity contribution in [2.75, 3.05) is 0 Å². The van der Waals surface area contributed by atoms with Gasteiger partial charge in [-0.3, -0.25) is 14.3 Å². The summed E-state index contributed by atoms with van der Waals surface area (Å²) in [5.41, 5.74) is 2.00. The number of pyridine rings is 1. The molecule has 2 N–H and O–H groups in total. The van der Waals surface area contributed by atoms with Crippen molar-refractivity contribution in [1.82, 2.24) is 30.1 Å². The van der Waals surface area contributed by atoms with Crippen molar-refractivity contribution in [3.63, 3.8) is 0 Å². The van der Waals surface area contributed by atoms with Crippen LogP contribution in [0.25, 0.3) is 16.6 Å². The summed E-state index contributed by atoms with van der Waals surface area (Å²) >= 11 is 0. The van der Waals surface area contributed by atoms with Gasteiger partial charge in [-0.2, -0.15) is 5.10 Å². The molecule has 4 rings (SSSR count). The molecular weight excluding hydrogens is 316 g/mol. The Balaban J connectivity index is 1.67. The molecule has 1 atom stereocenters. The number of hydrogen-bond acceptors (Lipinski definition) is 4. The first kappa shape index (κ1) is 15.3. The molecule has 0 aliphatic rings. The van der Waals surface area contributed by atoms with E-state index in [-0.39, 0.29) is 11.9 Å². The second kappa shape index (κ2) is 6.35. The fraction of sp³-hybridized carbons (Fsp3) is 0.222. The summed E-state index contributed by atoms with van der Waals surface area (Å²) in [7, 11) is 0. The molecule has 0 aliphatic heterocycles. The van der Waals surface area contributed by atoms with Crippen molar-refractivity contribution in [3.05, 3.63) is 60.2 Å². The normalized spacial score (nSPS) is 12.5. The number of nitrogens with one attached hydrogen (secondary N) is 2. The Morgan fingerprint density at radius 3 is 2.92 bits per heavy atom. The number of aromatic nitrogens is 5. The van der Waals surface area contributed by atoms with Crippen molar-refractivity contribution in [1.29, 1.82) is 0 Å². The summed E-state index contributed by atoms with van der Waals surface area (Å²) < 4.78 is 1.91. The van der Waals surface area contributed by atoms with Gasteiger partial charge in [0.25, 0.3) is 5.91 Å². The highest BCUT2D eigenvalue weighted by Crippen LogP contribution is 2.20. The van der Waals surface area contributed by atoms with E-state index in [2.05, 4.69) is 32.6 Å². The molecule has 0 unspecified atom stereocenters. The van der Waals surface area contributed by atoms with E-state index in [0.29, 0.717) is 5.69 Å². The van der Waals surface area contributed by atoms with E-state index in [9.17, 15) is 4.79 Å². The molecule has 126 valence electrons. The van der Waals surface area contributed by atoms with E-state index in [0.717, 1.165) is 35.2 Å². The van der Waals surface area contributed by atoms with Crippen molar-refractivity contribution in [2.24, 2.45) is 0 Å². The molecule has 25 heavy (non-hydrogen) atoms. The van der Waals surface area contributed by atoms with Crippen molar-refractivity contribution >= 4 is 22.5 Å². The number of H-pyrrole nitrogens is 1. The zero-order chi connectivity index (χ0) is 17.2. The highest BCUT2D eigenvalue weighted by molar-refractivity contribution is 6.04. The lowest BCUT2D eigenvalue weighted by Crippen LogP contribution is -2.30. The predicted octanol–water partition coefficient (Wildman–Crippen LogP) is 2.88. The Bertz CT molecular complexity index is 1030. The maximum Gasteiger partial charge on any atom is 0.273 e. The summed E-state index contributed by atoms with van der Waals surface area (Å²) in [6.07, 6.45) is 3.58. The molecule has 0 fully saturated rings. The summed E-state index contributed by atoms with van der Waals surface area (Å²) in [5.74, 6) is 0.509. The standard InChI is InChI=1S/C18H18N6O/c1-2-7-14(17-23-21-15-10-5-6-11-24(15)17)19-18(25)16-12-8-3-4-9-13(12)20-22-16/h3-6,8-11,14H,2,7H2,1H3,(H,19,25)(H,20,22)/t14-/m0/s1. The van der Waals surface area contributed by atoms with Crippen LogP contribution in [-0.2, 0) is 0 Å². The first-order valence-electron chi connectivity index (χ1n) is 8.31. The second-order valence-electron chi connectivity index (χ2n) is 5.92. The minimum atomic E-state index is -0.231. The molecule has 3 heterocycles. The van der Waals surface area contributed by atoms with Crippen molar-refractivity contribution in [3.8, 4) is 0 Å². The SMILES string of the molecule is CCC[C@H](NC(=O)c1n[nH]c2ccccc12)c1nnc2ccccn12. The summed E-state index contributed by atoms with van der Waals surface area (Å²) in [5, 5.41) is 19.4. The molecule has 3 aromatic heterocycles. The van der Waals surface area contributed by atoms with Gasteiger partial charge in [-0.1, -0.05) is 37.6 Å². The van der Waals surface area contributed by atoms with Gasteiger partial charge in [0.2, 0.25) is 0 Å². The van der Waals surface area contributed by atoms with Crippen LogP contribution in [0.1, 0.15) is 42.1 Å². The number of carbonyl (C=O) groups is 1. The molecule has 0 radical (unpaired) electrons. The highest BCUT2D eigenvalue weighted by Gasteiger charge is 2.22. The van der Waals surface area contributed by atoms with E-state index in [1.54, 1.807) is 0 Å². The van der Waals surface area contributed by atoms with Crippen LogP contribution < -0.4 is 5.32 Å². The Morgan fingerprint density at radius 1 is 1.20 bits per heavy atom. The smallest absolute Gasteiger partial charge is 0.273 e. The molecular formula is C18H18N6O. The number of fused-ring (bicyclic) bond motifs is 2. The van der Waals surface area contributed by atoms with E-state index in [4.69, 9.17) is 0 Å². The van der Waals surface area contributed by atoms with Crippen molar-refractivity contribution < 1.29 is 4.79 Å². The number of amides is 1. The van der Waals surface area contributed by atoms with Gasteiger partial charge >= 0.3 is 0 Å². The largest absolute Gasteiger partial charge is 0.341 e. The molecule has 4 aromatic rings. The maximum atomic E-state index is 12.8. The number of rotatable bonds is 5. The Morgan fingerprint density at radius 2 is 2.04 bits per heavy atom. The van der Waals surface area contributed by atoms with Gasteiger partial charge < -0.3 is 5.32 Å². The minimum absolute atomic E-state index is 0.219. The van der Waals surface area contributed by atoms with Crippen LogP contribution in [0.4, 0.5) is 0 Å². The van der Waals surface area contributed by atoms with Crippen LogP contribution in [0.3, 0.4) is 0 Å². The zero-order valence-corrected chi connectivity index (χ0v) is 13.8. The van der Waals surface area contributed by atoms with Crippen LogP contribution in [0.15, 0.2) is 48.7 Å². The second-order valence-corrected chi connectivity index (χ2v) is 5.92. The van der Waals surface area contributed by atoms with Crippen molar-refractivity contribution in [2.45, 2.75) is 25.8 Å². The summed E-state index contributed by atoms with van der Waals surface area (Å²) in [4.78, 5) is 12.8. The number of carbonyl (C=O) groups excluding carboxylic acids is 1. The third-order valence-corrected chi connectivity index (χ3v) is 4.22. The molecule has 0 saturated carbocycles. The molecule has 7 nitrogen and oxygen atoms in total. The third-order valence-electron chi connectivity index (χ3n) is 4.22. The molecule has 0 spiro atoms. The lowest BCUT2D eigenvalue weighted by molar-refractivity contribution is 0.0929. The summed E-state index contributed by atoms with van der Waals surface area (Å²) in [6.45, 7) is 2.08. The van der Waals surface area contributed by atoms with Gasteiger partial charge in [0, 0.05) is 11.6 Å². The maximum absolute atomic E-state index is 12.8. The highest BCUT2D eigenvalue weighted by atomic mass is 16.2. The molecule has 1 amide bonds. The fourth-order valence-electron chi connectivity index (χ4n) is 3.02. The number of hydrogen-bond donors (Lipinski definition) is 2. The van der Waals surface area contributed by atoms with Crippen LogP contribution in [0, 0.1) is 0 Å². The summed E-state index contributed by atoms with van der Waals surface area (Å²) in [6, 6.07) is 13.1. The van der Waals surface area contributed by atoms with Gasteiger partial charge in [0.05, 0.1) is 11.6 Å². The predicted molar refractivity (Wildman–Crippen MR) is 94.2 cm³/mol. The van der Waals surface area contributed by atoms with Gasteiger partial charge in [-0.15, -0.1) is 10.2 Å². The first-order chi connectivity index (χ1) is 12.3.